The number of aromatic nitrogens is 1. The zero-order valence-electron chi connectivity index (χ0n) is 22.4. The molecule has 3 aromatic carbocycles. The van der Waals surface area contributed by atoms with Gasteiger partial charge in [-0.15, -0.1) is 0 Å². The molecule has 1 amide bonds. The molecule has 4 aromatic rings. The van der Waals surface area contributed by atoms with E-state index in [9.17, 15) is 4.79 Å². The molecular formula is C32H34N3O2Si. The van der Waals surface area contributed by atoms with E-state index in [0.29, 0.717) is 19.6 Å². The van der Waals surface area contributed by atoms with E-state index in [2.05, 4.69) is 119 Å². The van der Waals surface area contributed by atoms with E-state index in [1.165, 1.54) is 33.1 Å². The van der Waals surface area contributed by atoms with Crippen LogP contribution in [0.25, 0.3) is 27.9 Å². The Bertz CT molecular complexity index is 1570. The lowest BCUT2D eigenvalue weighted by Gasteiger charge is -2.39. The van der Waals surface area contributed by atoms with E-state index < -0.39 is 5.72 Å². The van der Waals surface area contributed by atoms with Crippen LogP contribution in [0.4, 0.5) is 5.69 Å². The van der Waals surface area contributed by atoms with Gasteiger partial charge in [0, 0.05) is 63.3 Å². The zero-order valence-corrected chi connectivity index (χ0v) is 23.4. The molecule has 0 spiro atoms. The Labute approximate surface area is 227 Å². The van der Waals surface area contributed by atoms with Crippen LogP contribution in [-0.2, 0) is 28.4 Å². The highest BCUT2D eigenvalue weighted by Gasteiger charge is 2.59. The number of carbonyl (C=O) groups is 1. The van der Waals surface area contributed by atoms with Crippen LogP contribution in [-0.4, -0.2) is 46.1 Å². The van der Waals surface area contributed by atoms with Crippen molar-refractivity contribution in [3.8, 4) is 0 Å². The lowest BCUT2D eigenvalue weighted by Crippen LogP contribution is -2.51. The molecule has 6 rings (SSSR count). The number of aryl methyl sites for hydroxylation is 1. The first-order valence-corrected chi connectivity index (χ1v) is 14.2. The summed E-state index contributed by atoms with van der Waals surface area (Å²) in [4.78, 5) is 14.9. The second kappa shape index (κ2) is 9.44. The molecule has 1 N–H and O–H groups in total. The van der Waals surface area contributed by atoms with Crippen LogP contribution in [0.1, 0.15) is 37.0 Å². The topological polar surface area (TPSA) is 46.5 Å². The number of nitrogens with one attached hydrogen (secondary N) is 1. The Kier molecular flexibility index (Phi) is 6.20. The van der Waals surface area contributed by atoms with E-state index in [4.69, 9.17) is 4.74 Å². The Morgan fingerprint density at radius 1 is 1.08 bits per heavy atom. The molecule has 2 aliphatic heterocycles. The number of hydrogen-bond donors (Lipinski definition) is 1. The van der Waals surface area contributed by atoms with Gasteiger partial charge in [-0.05, 0) is 47.4 Å². The summed E-state index contributed by atoms with van der Waals surface area (Å²) in [5, 5.41) is 5.57. The number of amides is 1. The predicted molar refractivity (Wildman–Crippen MR) is 157 cm³/mol. The van der Waals surface area contributed by atoms with Gasteiger partial charge in [-0.25, -0.2) is 0 Å². The number of anilines is 1. The van der Waals surface area contributed by atoms with E-state index in [0.717, 1.165) is 30.1 Å². The Morgan fingerprint density at radius 2 is 1.89 bits per heavy atom. The summed E-state index contributed by atoms with van der Waals surface area (Å²) in [5.74, 6) is 0.0657. The molecule has 6 heteroatoms. The summed E-state index contributed by atoms with van der Waals surface area (Å²) in [5.41, 5.74) is 6.23. The first-order chi connectivity index (χ1) is 18.4. The van der Waals surface area contributed by atoms with Gasteiger partial charge < -0.3 is 19.5 Å². The minimum absolute atomic E-state index is 0.0657. The molecule has 5 nitrogen and oxygen atoms in total. The number of benzene rings is 3. The molecule has 0 saturated carbocycles. The largest absolute Gasteiger partial charge is 0.356 e. The van der Waals surface area contributed by atoms with Crippen LogP contribution in [0, 0.1) is 0 Å². The van der Waals surface area contributed by atoms with Crippen molar-refractivity contribution >= 4 is 49.7 Å². The van der Waals surface area contributed by atoms with Gasteiger partial charge >= 0.3 is 0 Å². The molecule has 3 radical (unpaired) electrons. The van der Waals surface area contributed by atoms with Crippen molar-refractivity contribution in [2.45, 2.75) is 43.9 Å². The Balaban J connectivity index is 1.32. The number of hydrogen-bond acceptors (Lipinski definition) is 3. The van der Waals surface area contributed by atoms with Gasteiger partial charge in [-0.2, -0.15) is 0 Å². The van der Waals surface area contributed by atoms with Crippen molar-refractivity contribution in [2.24, 2.45) is 7.05 Å². The monoisotopic (exact) mass is 520 g/mol. The summed E-state index contributed by atoms with van der Waals surface area (Å²) in [6, 6.07) is 22.6. The van der Waals surface area contributed by atoms with Gasteiger partial charge in [-0.1, -0.05) is 68.4 Å². The molecule has 1 fully saturated rings. The maximum Gasteiger partial charge on any atom is 0.224 e. The molecule has 1 saturated heterocycles. The maximum atomic E-state index is 12.5. The molecule has 38 heavy (non-hydrogen) atoms. The molecule has 3 heterocycles. The van der Waals surface area contributed by atoms with Crippen LogP contribution in [0.3, 0.4) is 0 Å². The van der Waals surface area contributed by atoms with Crippen LogP contribution in [0.2, 0.25) is 6.04 Å². The highest BCUT2D eigenvalue weighted by Crippen LogP contribution is 2.55. The van der Waals surface area contributed by atoms with Crippen molar-refractivity contribution in [1.82, 2.24) is 9.88 Å². The number of fused-ring (bicyclic) bond motifs is 6. The smallest absolute Gasteiger partial charge is 0.224 e. The summed E-state index contributed by atoms with van der Waals surface area (Å²) in [7, 11) is 5.60. The SMILES string of the molecule is Cn1c2ccccc2c2ccc(/C=C/C34OCCN3c3ccc(CC(=O)NCCC[Si])cc3C4(C)C)cc21. The Hall–Kier alpha value is -3.35. The third kappa shape index (κ3) is 3.81. The molecule has 2 aliphatic rings. The summed E-state index contributed by atoms with van der Waals surface area (Å²) >= 11 is 0. The minimum Gasteiger partial charge on any atom is -0.356 e. The molecule has 193 valence electrons. The lowest BCUT2D eigenvalue weighted by molar-refractivity contribution is -0.120. The van der Waals surface area contributed by atoms with Crippen molar-refractivity contribution in [2.75, 3.05) is 24.6 Å². The van der Waals surface area contributed by atoms with E-state index in [1.807, 2.05) is 0 Å². The van der Waals surface area contributed by atoms with Gasteiger partial charge in [0.05, 0.1) is 13.0 Å². The first-order valence-electron chi connectivity index (χ1n) is 13.5. The van der Waals surface area contributed by atoms with Crippen molar-refractivity contribution in [3.63, 3.8) is 0 Å². The van der Waals surface area contributed by atoms with E-state index in [-0.39, 0.29) is 11.3 Å². The zero-order chi connectivity index (χ0) is 26.5. The van der Waals surface area contributed by atoms with Gasteiger partial charge in [0.15, 0.2) is 5.72 Å². The third-order valence-corrected chi connectivity index (χ3v) is 8.79. The quantitative estimate of drug-likeness (QED) is 0.258. The number of nitrogens with zero attached hydrogens (tertiary/aromatic N) is 2. The average Bonchev–Trinajstić information content (AvgIpc) is 3.53. The number of rotatable bonds is 7. The standard InChI is InChI=1S/C32H34N3O2Si/c1-31(2)26-19-23(21-30(36)33-15-6-18-38)10-12-28(26)35-16-17-37-32(31,35)14-13-22-9-11-25-24-7-4-5-8-27(24)34(3)29(25)20-22/h4-5,7-14,19-20H,6,15-18,21H2,1-3H3,(H,33,36)/b14-13+. The summed E-state index contributed by atoms with van der Waals surface area (Å²) in [6.07, 6.45) is 5.77. The van der Waals surface area contributed by atoms with Crippen LogP contribution < -0.4 is 10.2 Å². The lowest BCUT2D eigenvalue weighted by atomic mass is 9.76. The maximum absolute atomic E-state index is 12.5. The summed E-state index contributed by atoms with van der Waals surface area (Å²) in [6.45, 7) is 6.74. The molecule has 1 unspecified atom stereocenters. The van der Waals surface area contributed by atoms with Crippen molar-refractivity contribution in [1.29, 1.82) is 0 Å². The fourth-order valence-corrected chi connectivity index (χ4v) is 6.55. The fraction of sp³-hybridized carbons (Fsp3) is 0.344. The fourth-order valence-electron chi connectivity index (χ4n) is 6.38. The molecule has 0 aliphatic carbocycles. The van der Waals surface area contributed by atoms with Crippen LogP contribution in [0.5, 0.6) is 0 Å². The number of ether oxygens (including phenoxy) is 1. The highest BCUT2D eigenvalue weighted by molar-refractivity contribution is 6.08. The Morgan fingerprint density at radius 3 is 2.74 bits per heavy atom. The number of para-hydroxylation sites is 1. The van der Waals surface area contributed by atoms with Crippen molar-refractivity contribution in [3.05, 3.63) is 83.4 Å². The minimum atomic E-state index is -0.570. The van der Waals surface area contributed by atoms with Gasteiger partial charge in [0.2, 0.25) is 5.91 Å². The van der Waals surface area contributed by atoms with Crippen LogP contribution in [0.15, 0.2) is 66.7 Å². The highest BCUT2D eigenvalue weighted by atomic mass is 28.1. The second-order valence-corrected chi connectivity index (χ2v) is 11.5. The molecular weight excluding hydrogens is 486 g/mol. The van der Waals surface area contributed by atoms with Crippen molar-refractivity contribution < 1.29 is 9.53 Å². The normalized spacial score (nSPS) is 19.9. The third-order valence-electron chi connectivity index (χ3n) is 8.44. The van der Waals surface area contributed by atoms with Gasteiger partial charge in [0.1, 0.15) is 0 Å². The average molecular weight is 521 g/mol. The predicted octanol–water partition coefficient (Wildman–Crippen LogP) is 5.50. The number of carbonyl (C=O) groups excluding carboxylic acids is 1. The molecule has 0 bridgehead atoms. The van der Waals surface area contributed by atoms with E-state index in [1.54, 1.807) is 0 Å². The molecule has 1 atom stereocenters. The van der Waals surface area contributed by atoms with E-state index >= 15 is 0 Å². The first kappa shape index (κ1) is 25.0. The second-order valence-electron chi connectivity index (χ2n) is 11.0. The van der Waals surface area contributed by atoms with Crippen LogP contribution >= 0.6 is 0 Å². The van der Waals surface area contributed by atoms with Gasteiger partial charge in [-0.3, -0.25) is 4.79 Å². The van der Waals surface area contributed by atoms with Gasteiger partial charge in [0.25, 0.3) is 0 Å². The summed E-state index contributed by atoms with van der Waals surface area (Å²) < 4.78 is 8.85. The molecule has 1 aromatic heterocycles.